The van der Waals surface area contributed by atoms with Crippen LogP contribution in [0.4, 0.5) is 4.39 Å². The number of likely N-dealkylation sites (N-methyl/N-ethyl adjacent to an activating group) is 1. The number of amides is 1. The molecule has 1 aliphatic carbocycles. The van der Waals surface area contributed by atoms with Gasteiger partial charge in [-0.1, -0.05) is 29.8 Å². The van der Waals surface area contributed by atoms with E-state index in [9.17, 15) is 9.18 Å². The van der Waals surface area contributed by atoms with Crippen LogP contribution in [0, 0.1) is 5.82 Å². The van der Waals surface area contributed by atoms with E-state index in [1.165, 1.54) is 12.1 Å². The summed E-state index contributed by atoms with van der Waals surface area (Å²) in [5, 5.41) is 3.61. The highest BCUT2D eigenvalue weighted by Gasteiger charge is 2.25. The van der Waals surface area contributed by atoms with Gasteiger partial charge < -0.3 is 10.2 Å². The lowest BCUT2D eigenvalue weighted by atomic mass is 10.0. The second-order valence-corrected chi connectivity index (χ2v) is 7.67. The molecule has 0 aliphatic heterocycles. The largest absolute Gasteiger partial charge is 0.355 e. The first-order valence-corrected chi connectivity index (χ1v) is 9.62. The maximum atomic E-state index is 13.9. The number of nitrogens with zero attached hydrogens (tertiary/aromatic N) is 1. The Morgan fingerprint density at radius 1 is 1.14 bits per heavy atom. The van der Waals surface area contributed by atoms with Gasteiger partial charge in [0, 0.05) is 18.1 Å². The Bertz CT molecular complexity index is 946. The van der Waals surface area contributed by atoms with Crippen LogP contribution in [0.1, 0.15) is 30.0 Å². The minimum atomic E-state index is -0.301. The molecule has 28 heavy (non-hydrogen) atoms. The molecule has 2 aromatic carbocycles. The van der Waals surface area contributed by atoms with Gasteiger partial charge in [-0.05, 0) is 84.8 Å². The minimum Gasteiger partial charge on any atom is -0.355 e. The van der Waals surface area contributed by atoms with Crippen LogP contribution in [-0.4, -0.2) is 38.0 Å². The summed E-state index contributed by atoms with van der Waals surface area (Å²) in [6.45, 7) is 3.35. The molecule has 1 aliphatic rings. The van der Waals surface area contributed by atoms with Gasteiger partial charge in [0.1, 0.15) is 5.82 Å². The molecule has 0 heterocycles. The number of carbonyl (C=O) groups excluding carboxylic acids is 1. The molecule has 3 rings (SSSR count). The Kier molecular flexibility index (Phi) is 6.32. The van der Waals surface area contributed by atoms with E-state index in [-0.39, 0.29) is 18.1 Å². The van der Waals surface area contributed by atoms with Gasteiger partial charge in [0.05, 0.1) is 6.42 Å². The monoisotopic (exact) mass is 398 g/mol. The molecule has 0 radical (unpaired) electrons. The summed E-state index contributed by atoms with van der Waals surface area (Å²) in [5.74, 6) is -0.357. The molecule has 0 saturated heterocycles. The molecule has 2 aromatic rings. The first-order valence-electron chi connectivity index (χ1n) is 9.24. The van der Waals surface area contributed by atoms with Crippen molar-refractivity contribution < 1.29 is 9.18 Å². The normalized spacial score (nSPS) is 14.7. The molecule has 0 aromatic heterocycles. The highest BCUT2D eigenvalue weighted by atomic mass is 35.5. The maximum absolute atomic E-state index is 13.9. The van der Waals surface area contributed by atoms with Gasteiger partial charge in [-0.25, -0.2) is 4.39 Å². The summed E-state index contributed by atoms with van der Waals surface area (Å²) >= 11 is 5.98. The van der Waals surface area contributed by atoms with Gasteiger partial charge >= 0.3 is 0 Å². The molecule has 1 amide bonds. The summed E-state index contributed by atoms with van der Waals surface area (Å²) in [6, 6.07) is 12.3. The zero-order chi connectivity index (χ0) is 20.3. The fourth-order valence-electron chi connectivity index (χ4n) is 3.35. The topological polar surface area (TPSA) is 32.3 Å². The molecule has 3 nitrogen and oxygen atoms in total. The summed E-state index contributed by atoms with van der Waals surface area (Å²) < 4.78 is 13.9. The molecule has 0 atom stereocenters. The quantitative estimate of drug-likeness (QED) is 0.752. The van der Waals surface area contributed by atoms with Crippen molar-refractivity contribution in [1.82, 2.24) is 10.2 Å². The molecule has 1 N–H and O–H groups in total. The van der Waals surface area contributed by atoms with E-state index in [1.54, 1.807) is 6.07 Å². The zero-order valence-electron chi connectivity index (χ0n) is 16.4. The van der Waals surface area contributed by atoms with Crippen LogP contribution in [0.15, 0.2) is 48.0 Å². The second kappa shape index (κ2) is 8.72. The first kappa shape index (κ1) is 20.3. The summed E-state index contributed by atoms with van der Waals surface area (Å²) in [7, 11) is 3.92. The fraction of sp³-hybridized carbons (Fsp3) is 0.261. The van der Waals surface area contributed by atoms with Gasteiger partial charge in [0.15, 0.2) is 0 Å². The Morgan fingerprint density at radius 2 is 1.86 bits per heavy atom. The summed E-state index contributed by atoms with van der Waals surface area (Å²) in [5.41, 5.74) is 5.62. The van der Waals surface area contributed by atoms with E-state index < -0.39 is 0 Å². The summed E-state index contributed by atoms with van der Waals surface area (Å²) in [6.07, 6.45) is 2.28. The van der Waals surface area contributed by atoms with Gasteiger partial charge in [-0.3, -0.25) is 4.79 Å². The SMILES string of the molecule is CC1=C(CC(=O)NCCN(C)C)c2cc(F)ccc2/C1=C\c1ccc(Cl)cc1. The summed E-state index contributed by atoms with van der Waals surface area (Å²) in [4.78, 5) is 14.4. The van der Waals surface area contributed by atoms with Gasteiger partial charge in [-0.2, -0.15) is 0 Å². The molecule has 0 fully saturated rings. The van der Waals surface area contributed by atoms with Gasteiger partial charge in [-0.15, -0.1) is 0 Å². The Labute approximate surface area is 170 Å². The number of rotatable bonds is 6. The number of carbonyl (C=O) groups is 1. The van der Waals surface area contributed by atoms with E-state index in [4.69, 9.17) is 11.6 Å². The average molecular weight is 399 g/mol. The number of hydrogen-bond donors (Lipinski definition) is 1. The highest BCUT2D eigenvalue weighted by molar-refractivity contribution is 6.30. The second-order valence-electron chi connectivity index (χ2n) is 7.23. The molecule has 5 heteroatoms. The zero-order valence-corrected chi connectivity index (χ0v) is 17.1. The van der Waals surface area contributed by atoms with Crippen molar-refractivity contribution in [3.8, 4) is 0 Å². The Morgan fingerprint density at radius 3 is 2.54 bits per heavy atom. The average Bonchev–Trinajstić information content (AvgIpc) is 2.88. The minimum absolute atomic E-state index is 0.0563. The van der Waals surface area contributed by atoms with Crippen molar-refractivity contribution in [3.63, 3.8) is 0 Å². The van der Waals surface area contributed by atoms with E-state index in [0.29, 0.717) is 11.6 Å². The molecule has 0 saturated carbocycles. The number of benzene rings is 2. The highest BCUT2D eigenvalue weighted by Crippen LogP contribution is 2.43. The number of hydrogen-bond acceptors (Lipinski definition) is 2. The van der Waals surface area contributed by atoms with Crippen molar-refractivity contribution in [3.05, 3.63) is 75.6 Å². The van der Waals surface area contributed by atoms with Crippen molar-refractivity contribution in [1.29, 1.82) is 0 Å². The van der Waals surface area contributed by atoms with Crippen LogP contribution in [-0.2, 0) is 4.79 Å². The smallest absolute Gasteiger partial charge is 0.224 e. The lowest BCUT2D eigenvalue weighted by Crippen LogP contribution is -2.31. The number of nitrogens with one attached hydrogen (secondary N) is 1. The molecular formula is C23H24ClFN2O. The van der Waals surface area contributed by atoms with E-state index in [0.717, 1.165) is 40.0 Å². The lowest BCUT2D eigenvalue weighted by molar-refractivity contribution is -0.120. The number of allylic oxidation sites excluding steroid dienone is 2. The van der Waals surface area contributed by atoms with Crippen LogP contribution in [0.3, 0.4) is 0 Å². The maximum Gasteiger partial charge on any atom is 0.224 e. The molecule has 0 bridgehead atoms. The van der Waals surface area contributed by atoms with Crippen molar-refractivity contribution in [2.45, 2.75) is 13.3 Å². The third kappa shape index (κ3) is 4.70. The Hall–Kier alpha value is -2.43. The van der Waals surface area contributed by atoms with Crippen LogP contribution < -0.4 is 5.32 Å². The predicted octanol–water partition coefficient (Wildman–Crippen LogP) is 4.87. The number of halogens is 2. The molecular weight excluding hydrogens is 375 g/mol. The fourth-order valence-corrected chi connectivity index (χ4v) is 3.48. The van der Waals surface area contributed by atoms with Crippen molar-refractivity contribution in [2.24, 2.45) is 0 Å². The van der Waals surface area contributed by atoms with Crippen LogP contribution in [0.25, 0.3) is 17.2 Å². The van der Waals surface area contributed by atoms with Crippen LogP contribution in [0.2, 0.25) is 5.02 Å². The molecule has 0 unspecified atom stereocenters. The van der Waals surface area contributed by atoms with Crippen LogP contribution >= 0.6 is 11.6 Å². The van der Waals surface area contributed by atoms with Crippen molar-refractivity contribution in [2.75, 3.05) is 27.2 Å². The Balaban J connectivity index is 1.92. The molecule has 146 valence electrons. The molecule has 0 spiro atoms. The lowest BCUT2D eigenvalue weighted by Gasteiger charge is -2.11. The predicted molar refractivity (Wildman–Crippen MR) is 114 cm³/mol. The number of fused-ring (bicyclic) bond motifs is 1. The standard InChI is InChI=1S/C23H24ClFN2O/c1-15-20(12-16-4-6-17(24)7-5-16)19-9-8-18(25)13-22(19)21(15)14-23(28)26-10-11-27(2)3/h4-9,12-13H,10-11,14H2,1-3H3,(H,26,28)/b20-12-. The third-order valence-electron chi connectivity index (χ3n) is 4.85. The van der Waals surface area contributed by atoms with Gasteiger partial charge in [0.25, 0.3) is 0 Å². The van der Waals surface area contributed by atoms with E-state index in [2.05, 4.69) is 11.4 Å². The first-order chi connectivity index (χ1) is 13.3. The van der Waals surface area contributed by atoms with Crippen molar-refractivity contribution >= 4 is 34.7 Å². The van der Waals surface area contributed by atoms with Crippen LogP contribution in [0.5, 0.6) is 0 Å². The van der Waals surface area contributed by atoms with E-state index >= 15 is 0 Å². The van der Waals surface area contributed by atoms with Gasteiger partial charge in [0.2, 0.25) is 5.91 Å². The third-order valence-corrected chi connectivity index (χ3v) is 5.11. The van der Waals surface area contributed by atoms with E-state index in [1.807, 2.05) is 50.2 Å².